The van der Waals surface area contributed by atoms with Crippen molar-refractivity contribution in [1.29, 1.82) is 0 Å². The van der Waals surface area contributed by atoms with Crippen molar-refractivity contribution in [2.75, 3.05) is 33.4 Å². The minimum absolute atomic E-state index is 0. The number of hydrogen-bond donors (Lipinski definition) is 2. The molecule has 0 radical (unpaired) electrons. The van der Waals surface area contributed by atoms with Crippen LogP contribution in [0.15, 0.2) is 9.52 Å². The van der Waals surface area contributed by atoms with E-state index in [1.54, 1.807) is 7.05 Å². The smallest absolute Gasteiger partial charge is 0.190 e. The third kappa shape index (κ3) is 7.66. The van der Waals surface area contributed by atoms with Crippen LogP contribution in [0.1, 0.15) is 30.4 Å². The first-order valence-corrected chi connectivity index (χ1v) is 7.13. The lowest BCUT2D eigenvalue weighted by Crippen LogP contribution is -2.39. The molecule has 6 nitrogen and oxygen atoms in total. The third-order valence-electron chi connectivity index (χ3n) is 3.03. The van der Waals surface area contributed by atoms with Gasteiger partial charge in [-0.1, -0.05) is 5.16 Å². The summed E-state index contributed by atoms with van der Waals surface area (Å²) < 4.78 is 10.4. The van der Waals surface area contributed by atoms with E-state index in [1.807, 2.05) is 20.8 Å². The van der Waals surface area contributed by atoms with Crippen LogP contribution in [0, 0.1) is 13.8 Å². The summed E-state index contributed by atoms with van der Waals surface area (Å²) in [6.07, 6.45) is 1.85. The molecule has 122 valence electrons. The zero-order chi connectivity index (χ0) is 14.8. The van der Waals surface area contributed by atoms with Crippen molar-refractivity contribution in [2.45, 2.75) is 33.6 Å². The van der Waals surface area contributed by atoms with Crippen LogP contribution < -0.4 is 10.6 Å². The highest BCUT2D eigenvalue weighted by Gasteiger charge is 2.08. The monoisotopic (exact) mass is 410 g/mol. The van der Waals surface area contributed by atoms with E-state index in [0.29, 0.717) is 0 Å². The standard InChI is InChI=1S/C14H26N4O2.HI/c1-5-19-10-6-8-16-14(15-4)17-9-7-13-11(2)18-20-12(13)3;/h5-10H2,1-4H3,(H2,15,16,17);1H. The van der Waals surface area contributed by atoms with Gasteiger partial charge in [-0.05, 0) is 33.6 Å². The Morgan fingerprint density at radius 2 is 2.00 bits per heavy atom. The highest BCUT2D eigenvalue weighted by Crippen LogP contribution is 2.11. The minimum Gasteiger partial charge on any atom is -0.382 e. The number of guanidine groups is 1. The predicted octanol–water partition coefficient (Wildman–Crippen LogP) is 2.04. The van der Waals surface area contributed by atoms with Gasteiger partial charge in [0.15, 0.2) is 5.96 Å². The van der Waals surface area contributed by atoms with Crippen molar-refractivity contribution in [1.82, 2.24) is 15.8 Å². The van der Waals surface area contributed by atoms with Crippen LogP contribution in [0.2, 0.25) is 0 Å². The molecule has 0 fully saturated rings. The Hall–Kier alpha value is -0.830. The molecule has 0 saturated carbocycles. The zero-order valence-corrected chi connectivity index (χ0v) is 15.7. The van der Waals surface area contributed by atoms with E-state index >= 15 is 0 Å². The molecule has 1 aromatic rings. The van der Waals surface area contributed by atoms with Crippen molar-refractivity contribution in [3.63, 3.8) is 0 Å². The average molecular weight is 410 g/mol. The van der Waals surface area contributed by atoms with E-state index in [4.69, 9.17) is 9.26 Å². The number of aryl methyl sites for hydroxylation is 2. The van der Waals surface area contributed by atoms with Crippen molar-refractivity contribution >= 4 is 29.9 Å². The number of nitrogens with one attached hydrogen (secondary N) is 2. The highest BCUT2D eigenvalue weighted by atomic mass is 127. The van der Waals surface area contributed by atoms with Crippen LogP contribution >= 0.6 is 24.0 Å². The zero-order valence-electron chi connectivity index (χ0n) is 13.4. The van der Waals surface area contributed by atoms with Gasteiger partial charge in [-0.15, -0.1) is 24.0 Å². The quantitative estimate of drug-likeness (QED) is 0.297. The number of ether oxygens (including phenoxy) is 1. The number of aliphatic imine (C=N–C) groups is 1. The summed E-state index contributed by atoms with van der Waals surface area (Å²) in [5.41, 5.74) is 2.13. The molecule has 21 heavy (non-hydrogen) atoms. The van der Waals surface area contributed by atoms with E-state index < -0.39 is 0 Å². The molecule has 0 amide bonds. The number of hydrogen-bond acceptors (Lipinski definition) is 4. The van der Waals surface area contributed by atoms with E-state index in [2.05, 4.69) is 20.8 Å². The van der Waals surface area contributed by atoms with E-state index in [9.17, 15) is 0 Å². The molecule has 2 N–H and O–H groups in total. The van der Waals surface area contributed by atoms with E-state index in [1.165, 1.54) is 5.56 Å². The average Bonchev–Trinajstić information content (AvgIpc) is 2.76. The van der Waals surface area contributed by atoms with Gasteiger partial charge < -0.3 is 19.9 Å². The van der Waals surface area contributed by atoms with E-state index in [-0.39, 0.29) is 24.0 Å². The van der Waals surface area contributed by atoms with Crippen molar-refractivity contribution < 1.29 is 9.26 Å². The molecule has 0 aliphatic rings. The molecule has 0 aliphatic heterocycles. The van der Waals surface area contributed by atoms with Crippen LogP contribution in [-0.4, -0.2) is 44.5 Å². The van der Waals surface area contributed by atoms with Crippen LogP contribution in [0.5, 0.6) is 0 Å². The second-order valence-electron chi connectivity index (χ2n) is 4.53. The van der Waals surface area contributed by atoms with Crippen molar-refractivity contribution in [3.05, 3.63) is 17.0 Å². The van der Waals surface area contributed by atoms with Crippen molar-refractivity contribution in [3.8, 4) is 0 Å². The fourth-order valence-electron chi connectivity index (χ4n) is 1.91. The minimum atomic E-state index is 0. The second kappa shape index (κ2) is 11.8. The molecule has 1 rings (SSSR count). The lowest BCUT2D eigenvalue weighted by atomic mass is 10.1. The first-order valence-electron chi connectivity index (χ1n) is 7.13. The van der Waals surface area contributed by atoms with Gasteiger partial charge in [-0.2, -0.15) is 0 Å². The summed E-state index contributed by atoms with van der Waals surface area (Å²) in [6, 6.07) is 0. The van der Waals surface area contributed by atoms with Gasteiger partial charge in [0.2, 0.25) is 0 Å². The molecule has 0 spiro atoms. The van der Waals surface area contributed by atoms with Crippen LogP contribution in [-0.2, 0) is 11.2 Å². The summed E-state index contributed by atoms with van der Waals surface area (Å²) in [5, 5.41) is 10.5. The first kappa shape index (κ1) is 20.2. The molecule has 0 atom stereocenters. The fraction of sp³-hybridized carbons (Fsp3) is 0.714. The van der Waals surface area contributed by atoms with Crippen LogP contribution in [0.25, 0.3) is 0 Å². The maximum Gasteiger partial charge on any atom is 0.190 e. The number of halogens is 1. The predicted molar refractivity (Wildman–Crippen MR) is 95.6 cm³/mol. The van der Waals surface area contributed by atoms with Gasteiger partial charge in [0.05, 0.1) is 5.69 Å². The molecule has 0 bridgehead atoms. The molecule has 0 aliphatic carbocycles. The maximum absolute atomic E-state index is 5.29. The Kier molecular flexibility index (Phi) is 11.3. The Labute approximate surface area is 144 Å². The Morgan fingerprint density at radius 3 is 2.57 bits per heavy atom. The lowest BCUT2D eigenvalue weighted by Gasteiger charge is -2.11. The summed E-state index contributed by atoms with van der Waals surface area (Å²) in [5.74, 6) is 1.71. The van der Waals surface area contributed by atoms with E-state index in [0.717, 1.165) is 56.6 Å². The van der Waals surface area contributed by atoms with Crippen LogP contribution in [0.4, 0.5) is 0 Å². The normalized spacial score (nSPS) is 11.1. The molecular formula is C14H27IN4O2. The SMILES string of the molecule is CCOCCCNC(=NC)NCCc1c(C)noc1C.I. The molecular weight excluding hydrogens is 383 g/mol. The topological polar surface area (TPSA) is 71.7 Å². The molecule has 0 saturated heterocycles. The summed E-state index contributed by atoms with van der Waals surface area (Å²) in [4.78, 5) is 4.18. The fourth-order valence-corrected chi connectivity index (χ4v) is 1.91. The van der Waals surface area contributed by atoms with Gasteiger partial charge in [-0.25, -0.2) is 0 Å². The number of aromatic nitrogens is 1. The number of nitrogens with zero attached hydrogens (tertiary/aromatic N) is 2. The summed E-state index contributed by atoms with van der Waals surface area (Å²) in [7, 11) is 1.77. The molecule has 1 aromatic heterocycles. The first-order chi connectivity index (χ1) is 9.69. The lowest BCUT2D eigenvalue weighted by molar-refractivity contribution is 0.145. The summed E-state index contributed by atoms with van der Waals surface area (Å²) in [6.45, 7) is 9.11. The van der Waals surface area contributed by atoms with Crippen molar-refractivity contribution in [2.24, 2.45) is 4.99 Å². The Balaban J connectivity index is 0.00000400. The summed E-state index contributed by atoms with van der Waals surface area (Å²) >= 11 is 0. The molecule has 0 unspecified atom stereocenters. The van der Waals surface area contributed by atoms with Gasteiger partial charge in [0.25, 0.3) is 0 Å². The van der Waals surface area contributed by atoms with Gasteiger partial charge in [0, 0.05) is 38.9 Å². The Bertz CT molecular complexity index is 402. The molecule has 7 heteroatoms. The molecule has 1 heterocycles. The third-order valence-corrected chi connectivity index (χ3v) is 3.03. The van der Waals surface area contributed by atoms with Gasteiger partial charge in [-0.3, -0.25) is 4.99 Å². The maximum atomic E-state index is 5.29. The van der Waals surface area contributed by atoms with Crippen LogP contribution in [0.3, 0.4) is 0 Å². The Morgan fingerprint density at radius 1 is 1.29 bits per heavy atom. The highest BCUT2D eigenvalue weighted by molar-refractivity contribution is 14.0. The largest absolute Gasteiger partial charge is 0.382 e. The number of rotatable bonds is 8. The van der Waals surface area contributed by atoms with Gasteiger partial charge >= 0.3 is 0 Å². The molecule has 0 aromatic carbocycles. The second-order valence-corrected chi connectivity index (χ2v) is 4.53. The van der Waals surface area contributed by atoms with Gasteiger partial charge in [0.1, 0.15) is 5.76 Å².